The van der Waals surface area contributed by atoms with Gasteiger partial charge in [-0.2, -0.15) is 0 Å². The molecule has 0 radical (unpaired) electrons. The van der Waals surface area contributed by atoms with Crippen molar-refractivity contribution in [3.05, 3.63) is 0 Å². The standard InChI is InChI=1S/C9H20.C4H10/c1-5-7-9(4)8(3)6-2;1-4(2)3/h8-9H,5-7H2,1-4H3;4H,1-3H3. The Kier molecular flexibility index (Phi) is 12.0. The van der Waals surface area contributed by atoms with Crippen LogP contribution in [0.2, 0.25) is 0 Å². The average Bonchev–Trinajstić information content (AvgIpc) is 2.02. The third-order valence-electron chi connectivity index (χ3n) is 2.36. The fourth-order valence-corrected chi connectivity index (χ4v) is 1.14. The van der Waals surface area contributed by atoms with E-state index in [1.54, 1.807) is 0 Å². The van der Waals surface area contributed by atoms with E-state index in [0.717, 1.165) is 17.8 Å². The smallest absolute Gasteiger partial charge is 0.0417 e. The molecule has 2 unspecified atom stereocenters. The predicted octanol–water partition coefficient (Wildman–Crippen LogP) is 5.13. The predicted molar refractivity (Wildman–Crippen MR) is 64.0 cm³/mol. The summed E-state index contributed by atoms with van der Waals surface area (Å²) in [6.07, 6.45) is 4.07. The second-order valence-corrected chi connectivity index (χ2v) is 4.88. The minimum Gasteiger partial charge on any atom is -0.0654 e. The normalized spacial score (nSPS) is 14.8. The molecule has 2 atom stereocenters. The molecular formula is C13H30. The molecule has 0 heterocycles. The van der Waals surface area contributed by atoms with Gasteiger partial charge < -0.3 is 0 Å². The van der Waals surface area contributed by atoms with Crippen LogP contribution < -0.4 is 0 Å². The minimum atomic E-state index is 0.833. The van der Waals surface area contributed by atoms with Crippen LogP contribution in [0, 0.1) is 17.8 Å². The molecule has 0 N–H and O–H groups in total. The van der Waals surface area contributed by atoms with Crippen LogP contribution in [0.15, 0.2) is 0 Å². The molecule has 0 heteroatoms. The van der Waals surface area contributed by atoms with E-state index in [4.69, 9.17) is 0 Å². The van der Waals surface area contributed by atoms with Gasteiger partial charge in [0.2, 0.25) is 0 Å². The zero-order chi connectivity index (χ0) is 10.9. The fraction of sp³-hybridized carbons (Fsp3) is 1.00. The second-order valence-electron chi connectivity index (χ2n) is 4.88. The van der Waals surface area contributed by atoms with Crippen LogP contribution in [0.4, 0.5) is 0 Å². The van der Waals surface area contributed by atoms with Gasteiger partial charge in [0.15, 0.2) is 0 Å². The highest BCUT2D eigenvalue weighted by Gasteiger charge is 2.07. The molecule has 0 aromatic heterocycles. The molecule has 0 aliphatic carbocycles. The van der Waals surface area contributed by atoms with E-state index in [-0.39, 0.29) is 0 Å². The van der Waals surface area contributed by atoms with Crippen molar-refractivity contribution in [1.82, 2.24) is 0 Å². The van der Waals surface area contributed by atoms with E-state index in [1.807, 2.05) is 0 Å². The van der Waals surface area contributed by atoms with E-state index in [1.165, 1.54) is 19.3 Å². The Morgan fingerprint density at radius 2 is 1.15 bits per heavy atom. The number of hydrogen-bond donors (Lipinski definition) is 0. The van der Waals surface area contributed by atoms with E-state index >= 15 is 0 Å². The van der Waals surface area contributed by atoms with Crippen molar-refractivity contribution < 1.29 is 0 Å². The molecule has 0 aromatic carbocycles. The van der Waals surface area contributed by atoms with Crippen LogP contribution in [-0.4, -0.2) is 0 Å². The van der Waals surface area contributed by atoms with Gasteiger partial charge in [-0.25, -0.2) is 0 Å². The summed E-state index contributed by atoms with van der Waals surface area (Å²) < 4.78 is 0. The lowest BCUT2D eigenvalue weighted by atomic mass is 9.90. The van der Waals surface area contributed by atoms with Gasteiger partial charge in [-0.15, -0.1) is 0 Å². The van der Waals surface area contributed by atoms with Gasteiger partial charge in [-0.3, -0.25) is 0 Å². The molecule has 0 aromatic rings. The van der Waals surface area contributed by atoms with Crippen molar-refractivity contribution in [3.8, 4) is 0 Å². The highest BCUT2D eigenvalue weighted by molar-refractivity contribution is 4.58. The van der Waals surface area contributed by atoms with Crippen LogP contribution >= 0.6 is 0 Å². The summed E-state index contributed by atoms with van der Waals surface area (Å²) >= 11 is 0. The average molecular weight is 186 g/mol. The minimum absolute atomic E-state index is 0.833. The molecule has 0 saturated carbocycles. The third kappa shape index (κ3) is 14.8. The van der Waals surface area contributed by atoms with E-state index in [2.05, 4.69) is 48.5 Å². The lowest BCUT2D eigenvalue weighted by molar-refractivity contribution is 0.352. The van der Waals surface area contributed by atoms with Gasteiger partial charge in [-0.1, -0.05) is 67.7 Å². The molecule has 0 spiro atoms. The van der Waals surface area contributed by atoms with Crippen LogP contribution in [0.1, 0.15) is 67.7 Å². The number of hydrogen-bond acceptors (Lipinski definition) is 0. The van der Waals surface area contributed by atoms with Crippen LogP contribution in [0.25, 0.3) is 0 Å². The largest absolute Gasteiger partial charge is 0.0654 e. The van der Waals surface area contributed by atoms with Gasteiger partial charge in [0.1, 0.15) is 0 Å². The third-order valence-corrected chi connectivity index (χ3v) is 2.36. The Labute approximate surface area is 86.1 Å². The molecule has 0 amide bonds. The molecular weight excluding hydrogens is 156 g/mol. The Morgan fingerprint density at radius 1 is 0.769 bits per heavy atom. The van der Waals surface area contributed by atoms with Gasteiger partial charge in [0.05, 0.1) is 0 Å². The Hall–Kier alpha value is 0. The maximum Gasteiger partial charge on any atom is -0.0417 e. The van der Waals surface area contributed by atoms with Crippen molar-refractivity contribution in [3.63, 3.8) is 0 Å². The highest BCUT2D eigenvalue weighted by atomic mass is 14.1. The van der Waals surface area contributed by atoms with E-state index < -0.39 is 0 Å². The van der Waals surface area contributed by atoms with Gasteiger partial charge in [0.25, 0.3) is 0 Å². The summed E-state index contributed by atoms with van der Waals surface area (Å²) in [6.45, 7) is 15.7. The topological polar surface area (TPSA) is 0 Å². The fourth-order valence-electron chi connectivity index (χ4n) is 1.14. The first kappa shape index (κ1) is 15.5. The monoisotopic (exact) mass is 186 g/mol. The molecule has 0 fully saturated rings. The molecule has 13 heavy (non-hydrogen) atoms. The molecule has 0 rings (SSSR count). The summed E-state index contributed by atoms with van der Waals surface area (Å²) in [4.78, 5) is 0. The molecule has 82 valence electrons. The van der Waals surface area contributed by atoms with Crippen molar-refractivity contribution >= 4 is 0 Å². The maximum atomic E-state index is 2.36. The van der Waals surface area contributed by atoms with Gasteiger partial charge in [-0.05, 0) is 17.8 Å². The highest BCUT2D eigenvalue weighted by Crippen LogP contribution is 2.18. The van der Waals surface area contributed by atoms with Crippen molar-refractivity contribution in [2.45, 2.75) is 67.7 Å². The summed E-state index contributed by atoms with van der Waals surface area (Å²) in [7, 11) is 0. The van der Waals surface area contributed by atoms with Crippen molar-refractivity contribution in [2.24, 2.45) is 17.8 Å². The second kappa shape index (κ2) is 10.1. The van der Waals surface area contributed by atoms with E-state index in [9.17, 15) is 0 Å². The molecule has 0 bridgehead atoms. The lowest BCUT2D eigenvalue weighted by Crippen LogP contribution is -2.05. The van der Waals surface area contributed by atoms with E-state index in [0.29, 0.717) is 0 Å². The zero-order valence-corrected chi connectivity index (χ0v) is 10.9. The SMILES string of the molecule is CC(C)C.CCCC(C)C(C)CC. The van der Waals surface area contributed by atoms with Gasteiger partial charge in [0, 0.05) is 0 Å². The van der Waals surface area contributed by atoms with Crippen molar-refractivity contribution in [2.75, 3.05) is 0 Å². The molecule has 0 nitrogen and oxygen atoms in total. The number of rotatable bonds is 4. The Balaban J connectivity index is 0. The molecule has 0 aliphatic rings. The van der Waals surface area contributed by atoms with Crippen molar-refractivity contribution in [1.29, 1.82) is 0 Å². The quantitative estimate of drug-likeness (QED) is 0.571. The van der Waals surface area contributed by atoms with Gasteiger partial charge >= 0.3 is 0 Å². The van der Waals surface area contributed by atoms with Crippen LogP contribution in [-0.2, 0) is 0 Å². The first-order valence-electron chi connectivity index (χ1n) is 5.95. The zero-order valence-electron chi connectivity index (χ0n) is 10.9. The molecule has 0 saturated heterocycles. The summed E-state index contributed by atoms with van der Waals surface area (Å²) in [5, 5.41) is 0. The Bertz CT molecular complexity index is 81.3. The first-order chi connectivity index (χ1) is 5.95. The maximum absolute atomic E-state index is 2.36. The lowest BCUT2D eigenvalue weighted by Gasteiger charge is -2.16. The first-order valence-corrected chi connectivity index (χ1v) is 5.95. The van der Waals surface area contributed by atoms with Crippen LogP contribution in [0.3, 0.4) is 0 Å². The molecule has 0 aliphatic heterocycles. The Morgan fingerprint density at radius 3 is 1.38 bits per heavy atom. The summed E-state index contributed by atoms with van der Waals surface area (Å²) in [5.74, 6) is 2.69. The summed E-state index contributed by atoms with van der Waals surface area (Å²) in [6, 6.07) is 0. The summed E-state index contributed by atoms with van der Waals surface area (Å²) in [5.41, 5.74) is 0. The van der Waals surface area contributed by atoms with Crippen LogP contribution in [0.5, 0.6) is 0 Å².